The van der Waals surface area contributed by atoms with E-state index >= 15 is 0 Å². The Labute approximate surface area is 195 Å². The predicted molar refractivity (Wildman–Crippen MR) is 129 cm³/mol. The molecule has 166 valence electrons. The Hall–Kier alpha value is -1.68. The van der Waals surface area contributed by atoms with Gasteiger partial charge in [0.1, 0.15) is 11.4 Å². The Morgan fingerprint density at radius 1 is 1.27 bits per heavy atom. The molecule has 6 nitrogen and oxygen atoms in total. The van der Waals surface area contributed by atoms with Crippen LogP contribution in [-0.4, -0.2) is 40.5 Å². The maximum absolute atomic E-state index is 13.4. The van der Waals surface area contributed by atoms with Crippen molar-refractivity contribution >= 4 is 29.9 Å². The SMILES string of the molecule is CCNC(=NCC(C)(O)c1cnn(C)c1)NCC1(c2ccc(F)cc2)CCCC1.I. The van der Waals surface area contributed by atoms with Crippen molar-refractivity contribution in [1.29, 1.82) is 0 Å². The van der Waals surface area contributed by atoms with Gasteiger partial charge in [-0.25, -0.2) is 9.38 Å². The zero-order valence-corrected chi connectivity index (χ0v) is 20.3. The molecule has 0 radical (unpaired) electrons. The quantitative estimate of drug-likeness (QED) is 0.292. The van der Waals surface area contributed by atoms with E-state index in [-0.39, 0.29) is 41.8 Å². The minimum Gasteiger partial charge on any atom is -0.383 e. The first-order valence-corrected chi connectivity index (χ1v) is 10.3. The van der Waals surface area contributed by atoms with Crippen molar-refractivity contribution in [2.45, 2.75) is 50.5 Å². The summed E-state index contributed by atoms with van der Waals surface area (Å²) < 4.78 is 15.1. The first-order valence-electron chi connectivity index (χ1n) is 10.3. The summed E-state index contributed by atoms with van der Waals surface area (Å²) in [4.78, 5) is 4.62. The van der Waals surface area contributed by atoms with Crippen LogP contribution in [0, 0.1) is 5.82 Å². The monoisotopic (exact) mass is 529 g/mol. The Balaban J connectivity index is 0.00000320. The van der Waals surface area contributed by atoms with E-state index in [0.29, 0.717) is 5.96 Å². The summed E-state index contributed by atoms with van der Waals surface area (Å²) in [5.74, 6) is 0.465. The number of halogens is 2. The average molecular weight is 529 g/mol. The van der Waals surface area contributed by atoms with Gasteiger partial charge >= 0.3 is 0 Å². The highest BCUT2D eigenvalue weighted by atomic mass is 127. The van der Waals surface area contributed by atoms with E-state index < -0.39 is 5.60 Å². The number of aliphatic imine (C=N–C) groups is 1. The Bertz CT molecular complexity index is 828. The topological polar surface area (TPSA) is 74.5 Å². The lowest BCUT2D eigenvalue weighted by Gasteiger charge is -2.31. The number of hydrogen-bond donors (Lipinski definition) is 3. The molecule has 1 aliphatic rings. The first-order chi connectivity index (χ1) is 13.8. The van der Waals surface area contributed by atoms with Crippen LogP contribution in [0.5, 0.6) is 0 Å². The molecule has 0 bridgehead atoms. The van der Waals surface area contributed by atoms with Crippen molar-refractivity contribution in [2.75, 3.05) is 19.6 Å². The molecule has 2 aromatic rings. The summed E-state index contributed by atoms with van der Waals surface area (Å²) in [5.41, 5.74) is 0.786. The minimum atomic E-state index is -1.10. The molecule has 0 saturated heterocycles. The smallest absolute Gasteiger partial charge is 0.191 e. The van der Waals surface area contributed by atoms with Gasteiger partial charge < -0.3 is 15.7 Å². The molecule has 3 rings (SSSR count). The van der Waals surface area contributed by atoms with Crippen LogP contribution < -0.4 is 10.6 Å². The number of guanidine groups is 1. The average Bonchev–Trinajstić information content (AvgIpc) is 3.35. The molecule has 1 saturated carbocycles. The third-order valence-corrected chi connectivity index (χ3v) is 5.83. The number of benzene rings is 1. The summed E-state index contributed by atoms with van der Waals surface area (Å²) >= 11 is 0. The molecule has 1 unspecified atom stereocenters. The fourth-order valence-electron chi connectivity index (χ4n) is 4.04. The van der Waals surface area contributed by atoms with E-state index in [0.717, 1.165) is 31.5 Å². The van der Waals surface area contributed by atoms with Crippen molar-refractivity contribution in [1.82, 2.24) is 20.4 Å². The fraction of sp³-hybridized carbons (Fsp3) is 0.545. The highest BCUT2D eigenvalue weighted by Crippen LogP contribution is 2.40. The summed E-state index contributed by atoms with van der Waals surface area (Å²) in [6.45, 7) is 5.43. The number of aliphatic hydroxyl groups is 1. The van der Waals surface area contributed by atoms with Crippen molar-refractivity contribution in [3.63, 3.8) is 0 Å². The summed E-state index contributed by atoms with van der Waals surface area (Å²) in [6.07, 6.45) is 7.94. The number of aromatic nitrogens is 2. The van der Waals surface area contributed by atoms with Crippen molar-refractivity contribution in [3.8, 4) is 0 Å². The molecule has 1 heterocycles. The van der Waals surface area contributed by atoms with E-state index in [1.165, 1.54) is 18.4 Å². The first kappa shape index (κ1) is 24.6. The molecule has 0 aliphatic heterocycles. The van der Waals surface area contributed by atoms with Crippen LogP contribution in [-0.2, 0) is 18.1 Å². The number of hydrogen-bond acceptors (Lipinski definition) is 3. The van der Waals surface area contributed by atoms with E-state index in [1.54, 1.807) is 36.1 Å². The van der Waals surface area contributed by atoms with Gasteiger partial charge in [-0.3, -0.25) is 4.68 Å². The Morgan fingerprint density at radius 3 is 2.50 bits per heavy atom. The van der Waals surface area contributed by atoms with Gasteiger partial charge in [-0.15, -0.1) is 24.0 Å². The van der Waals surface area contributed by atoms with E-state index in [9.17, 15) is 9.50 Å². The lowest BCUT2D eigenvalue weighted by atomic mass is 9.79. The molecule has 1 aromatic heterocycles. The highest BCUT2D eigenvalue weighted by Gasteiger charge is 2.35. The molecule has 8 heteroatoms. The van der Waals surface area contributed by atoms with Crippen LogP contribution in [0.25, 0.3) is 0 Å². The molecule has 0 spiro atoms. The molecular formula is C22H33FIN5O. The minimum absolute atomic E-state index is 0. The maximum Gasteiger partial charge on any atom is 0.191 e. The second-order valence-electron chi connectivity index (χ2n) is 8.22. The van der Waals surface area contributed by atoms with E-state index in [2.05, 4.69) is 20.7 Å². The predicted octanol–water partition coefficient (Wildman–Crippen LogP) is 3.45. The maximum atomic E-state index is 13.4. The van der Waals surface area contributed by atoms with Gasteiger partial charge in [-0.2, -0.15) is 5.10 Å². The van der Waals surface area contributed by atoms with Crippen LogP contribution in [0.3, 0.4) is 0 Å². The van der Waals surface area contributed by atoms with Crippen LogP contribution in [0.2, 0.25) is 0 Å². The number of nitrogens with one attached hydrogen (secondary N) is 2. The molecule has 1 aliphatic carbocycles. The third-order valence-electron chi connectivity index (χ3n) is 5.83. The molecule has 3 N–H and O–H groups in total. The lowest BCUT2D eigenvalue weighted by Crippen LogP contribution is -2.45. The fourth-order valence-corrected chi connectivity index (χ4v) is 4.04. The third kappa shape index (κ3) is 5.94. The number of nitrogens with zero attached hydrogens (tertiary/aromatic N) is 3. The van der Waals surface area contributed by atoms with Gasteiger partial charge in [0.15, 0.2) is 5.96 Å². The van der Waals surface area contributed by atoms with Crippen LogP contribution in [0.15, 0.2) is 41.7 Å². The molecule has 0 amide bonds. The summed E-state index contributed by atoms with van der Waals surface area (Å²) in [5, 5.41) is 21.7. The molecule has 30 heavy (non-hydrogen) atoms. The molecule has 1 fully saturated rings. The van der Waals surface area contributed by atoms with Crippen LogP contribution in [0.4, 0.5) is 4.39 Å². The summed E-state index contributed by atoms with van der Waals surface area (Å²) in [6, 6.07) is 6.89. The Morgan fingerprint density at radius 2 is 1.93 bits per heavy atom. The van der Waals surface area contributed by atoms with Gasteiger partial charge in [-0.1, -0.05) is 25.0 Å². The second kappa shape index (κ2) is 10.6. The van der Waals surface area contributed by atoms with Gasteiger partial charge in [0.2, 0.25) is 0 Å². The van der Waals surface area contributed by atoms with Crippen molar-refractivity contribution in [3.05, 3.63) is 53.6 Å². The lowest BCUT2D eigenvalue weighted by molar-refractivity contribution is 0.0671. The zero-order chi connectivity index (χ0) is 20.9. The highest BCUT2D eigenvalue weighted by molar-refractivity contribution is 14.0. The summed E-state index contributed by atoms with van der Waals surface area (Å²) in [7, 11) is 1.82. The molecule has 1 atom stereocenters. The Kier molecular flexibility index (Phi) is 8.66. The van der Waals surface area contributed by atoms with Gasteiger partial charge in [0.25, 0.3) is 0 Å². The standard InChI is InChI=1S/C22H32FN5O.HI/c1-4-24-20(25-15-21(2,29)18-13-27-28(3)14-18)26-16-22(11-5-6-12-22)17-7-9-19(23)10-8-17;/h7-10,13-14,29H,4-6,11-12,15-16H2,1-3H3,(H2,24,25,26);1H. The normalized spacial score (nSPS) is 17.8. The number of rotatable bonds is 7. The van der Waals surface area contributed by atoms with Gasteiger partial charge in [0.05, 0.1) is 12.7 Å². The van der Waals surface area contributed by atoms with Crippen LogP contribution >= 0.6 is 24.0 Å². The van der Waals surface area contributed by atoms with Crippen molar-refractivity contribution in [2.24, 2.45) is 12.0 Å². The van der Waals surface area contributed by atoms with E-state index in [1.807, 2.05) is 26.1 Å². The second-order valence-corrected chi connectivity index (χ2v) is 8.22. The largest absolute Gasteiger partial charge is 0.383 e. The molecule has 1 aromatic carbocycles. The zero-order valence-electron chi connectivity index (χ0n) is 18.0. The van der Waals surface area contributed by atoms with Crippen LogP contribution in [0.1, 0.15) is 50.7 Å². The van der Waals surface area contributed by atoms with Crippen molar-refractivity contribution < 1.29 is 9.50 Å². The molecular weight excluding hydrogens is 496 g/mol. The number of aryl methyl sites for hydroxylation is 1. The van der Waals surface area contributed by atoms with Gasteiger partial charge in [-0.05, 0) is 44.4 Å². The van der Waals surface area contributed by atoms with E-state index in [4.69, 9.17) is 0 Å². The van der Waals surface area contributed by atoms with Gasteiger partial charge in [0, 0.05) is 37.3 Å².